The van der Waals surface area contributed by atoms with E-state index in [2.05, 4.69) is 9.72 Å². The van der Waals surface area contributed by atoms with Crippen molar-refractivity contribution < 1.29 is 22.3 Å². The largest absolute Gasteiger partial charge is 0.573 e. The molecule has 92 valence electrons. The van der Waals surface area contributed by atoms with Crippen LogP contribution in [0.1, 0.15) is 11.3 Å². The van der Waals surface area contributed by atoms with Gasteiger partial charge in [0.05, 0.1) is 24.4 Å². The number of hydrogen-bond acceptors (Lipinski definition) is 3. The van der Waals surface area contributed by atoms with E-state index in [-0.39, 0.29) is 21.2 Å². The minimum absolute atomic E-state index is 0.00641. The number of aromatic nitrogens is 1. The van der Waals surface area contributed by atoms with Crippen LogP contribution < -0.4 is 4.74 Å². The summed E-state index contributed by atoms with van der Waals surface area (Å²) < 4.78 is 52.6. The maximum absolute atomic E-state index is 12.5. The molecule has 0 saturated carbocycles. The molecule has 0 N–H and O–H groups in total. The first-order valence-electron chi connectivity index (χ1n) is 4.24. The van der Waals surface area contributed by atoms with E-state index in [0.717, 1.165) is 6.20 Å². The van der Waals surface area contributed by atoms with E-state index in [4.69, 9.17) is 5.26 Å². The lowest BCUT2D eigenvalue weighted by Gasteiger charge is -2.13. The van der Waals surface area contributed by atoms with E-state index in [1.165, 1.54) is 0 Å². The zero-order chi connectivity index (χ0) is 13.1. The summed E-state index contributed by atoms with van der Waals surface area (Å²) in [6.07, 6.45) is -4.40. The summed E-state index contributed by atoms with van der Waals surface area (Å²) >= 11 is 1.64. The number of rotatable bonds is 3. The van der Waals surface area contributed by atoms with Gasteiger partial charge in [-0.15, -0.1) is 13.2 Å². The molecule has 0 aliphatic carbocycles. The van der Waals surface area contributed by atoms with Gasteiger partial charge in [-0.2, -0.15) is 5.26 Å². The average molecular weight is 360 g/mol. The summed E-state index contributed by atoms with van der Waals surface area (Å²) in [6.45, 7) is -0.914. The lowest BCUT2D eigenvalue weighted by atomic mass is 10.1. The van der Waals surface area contributed by atoms with E-state index in [9.17, 15) is 17.6 Å². The Morgan fingerprint density at radius 1 is 1.47 bits per heavy atom. The molecule has 0 spiro atoms. The van der Waals surface area contributed by atoms with Gasteiger partial charge in [0.25, 0.3) is 0 Å². The van der Waals surface area contributed by atoms with Crippen LogP contribution in [0, 0.1) is 14.9 Å². The second-order valence-electron chi connectivity index (χ2n) is 2.88. The minimum Gasteiger partial charge on any atom is -0.404 e. The fourth-order valence-electron chi connectivity index (χ4n) is 1.10. The zero-order valence-corrected chi connectivity index (χ0v) is 10.3. The number of pyridine rings is 1. The van der Waals surface area contributed by atoms with Gasteiger partial charge in [0.1, 0.15) is 6.67 Å². The summed E-state index contributed by atoms with van der Waals surface area (Å²) in [5, 5.41) is 8.53. The molecule has 1 aromatic rings. The Kier molecular flexibility index (Phi) is 4.50. The fourth-order valence-corrected chi connectivity index (χ4v) is 1.84. The third kappa shape index (κ3) is 3.69. The lowest BCUT2D eigenvalue weighted by Crippen LogP contribution is -2.19. The van der Waals surface area contributed by atoms with Gasteiger partial charge in [-0.25, -0.2) is 4.39 Å². The van der Waals surface area contributed by atoms with Gasteiger partial charge < -0.3 is 4.74 Å². The van der Waals surface area contributed by atoms with Crippen molar-refractivity contribution in [2.75, 3.05) is 0 Å². The molecule has 0 aliphatic rings. The second-order valence-corrected chi connectivity index (χ2v) is 3.96. The van der Waals surface area contributed by atoms with E-state index < -0.39 is 18.8 Å². The number of alkyl halides is 4. The molecular weight excluding hydrogens is 355 g/mol. The Labute approximate surface area is 108 Å². The quantitative estimate of drug-likeness (QED) is 0.615. The van der Waals surface area contributed by atoms with Crippen molar-refractivity contribution in [2.45, 2.75) is 19.5 Å². The van der Waals surface area contributed by atoms with Crippen LogP contribution in [0.4, 0.5) is 17.6 Å². The Morgan fingerprint density at radius 3 is 2.59 bits per heavy atom. The summed E-state index contributed by atoms with van der Waals surface area (Å²) in [7, 11) is 0. The van der Waals surface area contributed by atoms with Crippen LogP contribution in [0.15, 0.2) is 6.20 Å². The Morgan fingerprint density at radius 2 is 2.12 bits per heavy atom. The van der Waals surface area contributed by atoms with Crippen LogP contribution in [0.2, 0.25) is 0 Å². The molecule has 1 rings (SSSR count). The minimum atomic E-state index is -4.87. The van der Waals surface area contributed by atoms with Crippen LogP contribution in [0.3, 0.4) is 0 Å². The molecule has 3 nitrogen and oxygen atoms in total. The molecule has 0 fully saturated rings. The van der Waals surface area contributed by atoms with Crippen LogP contribution in [0.25, 0.3) is 0 Å². The molecule has 0 aromatic carbocycles. The summed E-state index contributed by atoms with van der Waals surface area (Å²) in [5.41, 5.74) is -0.0153. The molecule has 0 atom stereocenters. The standard InChI is InChI=1S/C9H5F4IN2O/c10-3-6-8(14)5(1-2-15)7(4-16-6)17-9(11,12)13/h4H,1,3H2. The molecule has 1 aromatic heterocycles. The van der Waals surface area contributed by atoms with Crippen molar-refractivity contribution >= 4 is 22.6 Å². The second kappa shape index (κ2) is 5.48. The average Bonchev–Trinajstić information content (AvgIpc) is 2.22. The Bertz CT molecular complexity index is 456. The van der Waals surface area contributed by atoms with Gasteiger partial charge in [0, 0.05) is 9.13 Å². The van der Waals surface area contributed by atoms with Gasteiger partial charge in [0.2, 0.25) is 0 Å². The summed E-state index contributed by atoms with van der Waals surface area (Å²) in [4.78, 5) is 3.51. The number of ether oxygens (including phenoxy) is 1. The van der Waals surface area contributed by atoms with Crippen LogP contribution in [-0.4, -0.2) is 11.3 Å². The number of nitriles is 1. The van der Waals surface area contributed by atoms with Crippen molar-refractivity contribution in [3.05, 3.63) is 21.0 Å². The zero-order valence-electron chi connectivity index (χ0n) is 8.18. The van der Waals surface area contributed by atoms with Gasteiger partial charge >= 0.3 is 6.36 Å². The first-order chi connectivity index (χ1) is 7.89. The molecule has 0 unspecified atom stereocenters. The highest BCUT2D eigenvalue weighted by molar-refractivity contribution is 14.1. The summed E-state index contributed by atoms with van der Waals surface area (Å²) in [6, 6.07) is 1.70. The first kappa shape index (κ1) is 14.0. The van der Waals surface area contributed by atoms with Crippen LogP contribution in [-0.2, 0) is 13.1 Å². The van der Waals surface area contributed by atoms with Crippen molar-refractivity contribution in [1.29, 1.82) is 5.26 Å². The predicted octanol–water partition coefficient (Wildman–Crippen LogP) is 3.12. The molecular formula is C9H5F4IN2O. The van der Waals surface area contributed by atoms with E-state index >= 15 is 0 Å². The molecule has 0 amide bonds. The van der Waals surface area contributed by atoms with Crippen LogP contribution >= 0.6 is 22.6 Å². The maximum Gasteiger partial charge on any atom is 0.573 e. The Hall–Kier alpha value is -1.11. The van der Waals surface area contributed by atoms with Crippen molar-refractivity contribution in [2.24, 2.45) is 0 Å². The van der Waals surface area contributed by atoms with E-state index in [1.807, 2.05) is 0 Å². The fraction of sp³-hybridized carbons (Fsp3) is 0.333. The van der Waals surface area contributed by atoms with Crippen molar-refractivity contribution in [3.63, 3.8) is 0 Å². The number of nitrogens with zero attached hydrogens (tertiary/aromatic N) is 2. The van der Waals surface area contributed by atoms with E-state index in [0.29, 0.717) is 0 Å². The highest BCUT2D eigenvalue weighted by atomic mass is 127. The molecule has 0 aliphatic heterocycles. The van der Waals surface area contributed by atoms with Gasteiger partial charge in [-0.3, -0.25) is 4.98 Å². The molecule has 0 bridgehead atoms. The van der Waals surface area contributed by atoms with Crippen molar-refractivity contribution in [1.82, 2.24) is 4.98 Å². The number of halogens is 5. The normalized spacial score (nSPS) is 11.1. The number of hydrogen-bond donors (Lipinski definition) is 0. The molecule has 8 heteroatoms. The molecule has 1 heterocycles. The molecule has 0 saturated heterocycles. The molecule has 0 radical (unpaired) electrons. The molecule has 17 heavy (non-hydrogen) atoms. The SMILES string of the molecule is N#CCc1c(OC(F)(F)F)cnc(CF)c1I. The Balaban J connectivity index is 3.22. The van der Waals surface area contributed by atoms with Gasteiger partial charge in [-0.1, -0.05) is 0 Å². The van der Waals surface area contributed by atoms with Crippen LogP contribution in [0.5, 0.6) is 5.75 Å². The third-order valence-corrected chi connectivity index (χ3v) is 3.04. The lowest BCUT2D eigenvalue weighted by molar-refractivity contribution is -0.275. The van der Waals surface area contributed by atoms with Gasteiger partial charge in [-0.05, 0) is 22.6 Å². The topological polar surface area (TPSA) is 45.9 Å². The predicted molar refractivity (Wildman–Crippen MR) is 57.8 cm³/mol. The highest BCUT2D eigenvalue weighted by Gasteiger charge is 2.33. The monoisotopic (exact) mass is 360 g/mol. The van der Waals surface area contributed by atoms with Gasteiger partial charge in [0.15, 0.2) is 5.75 Å². The smallest absolute Gasteiger partial charge is 0.404 e. The maximum atomic E-state index is 12.5. The van der Waals surface area contributed by atoms with E-state index in [1.54, 1.807) is 28.7 Å². The van der Waals surface area contributed by atoms with Crippen molar-refractivity contribution in [3.8, 4) is 11.8 Å². The highest BCUT2D eigenvalue weighted by Crippen LogP contribution is 2.30. The summed E-state index contributed by atoms with van der Waals surface area (Å²) in [5.74, 6) is -0.569. The first-order valence-corrected chi connectivity index (χ1v) is 5.31. The third-order valence-electron chi connectivity index (χ3n) is 1.76.